The number of rotatable bonds is 3. The van der Waals surface area contributed by atoms with Gasteiger partial charge in [0.05, 0.1) is 16.0 Å². The van der Waals surface area contributed by atoms with E-state index < -0.39 is 11.9 Å². The van der Waals surface area contributed by atoms with Crippen molar-refractivity contribution in [3.05, 3.63) is 59.8 Å². The number of esters is 2. The maximum Gasteiger partial charge on any atom is 0.346 e. The summed E-state index contributed by atoms with van der Waals surface area (Å²) in [5, 5.41) is 0.793. The lowest BCUT2D eigenvalue weighted by Crippen LogP contribution is -2.07. The quantitative estimate of drug-likeness (QED) is 0.530. The van der Waals surface area contributed by atoms with Crippen molar-refractivity contribution >= 4 is 29.0 Å². The number of anilines is 1. The van der Waals surface area contributed by atoms with Crippen LogP contribution in [0.5, 0.6) is 0 Å². The lowest BCUT2D eigenvalue weighted by Gasteiger charge is -2.12. The van der Waals surface area contributed by atoms with Crippen LogP contribution in [-0.2, 0) is 4.74 Å². The molecule has 0 bridgehead atoms. The zero-order valence-corrected chi connectivity index (χ0v) is 14.5. The minimum atomic E-state index is -0.599. The molecule has 0 saturated carbocycles. The first-order chi connectivity index (χ1) is 12.0. The van der Waals surface area contributed by atoms with Crippen LogP contribution < -0.4 is 4.90 Å². The summed E-state index contributed by atoms with van der Waals surface area (Å²) in [7, 11) is 4.01. The van der Waals surface area contributed by atoms with Gasteiger partial charge in [-0.2, -0.15) is 0 Å². The van der Waals surface area contributed by atoms with Crippen LogP contribution in [0.2, 0.25) is 0 Å². The first-order valence-electron chi connectivity index (χ1n) is 7.67. The molecule has 0 atom stereocenters. The van der Waals surface area contributed by atoms with Crippen molar-refractivity contribution in [2.75, 3.05) is 19.0 Å². The summed E-state index contributed by atoms with van der Waals surface area (Å²) >= 11 is 1.54. The van der Waals surface area contributed by atoms with Gasteiger partial charge in [0, 0.05) is 31.5 Å². The highest BCUT2D eigenvalue weighted by atomic mass is 32.1. The van der Waals surface area contributed by atoms with E-state index in [1.807, 2.05) is 25.2 Å². The van der Waals surface area contributed by atoms with Gasteiger partial charge < -0.3 is 9.64 Å². The number of carbonyl (C=O) groups excluding carboxylic acids is 2. The second-order valence-corrected chi connectivity index (χ2v) is 6.94. The standard InChI is InChI=1S/C19H14N2O3S/c1-21(2)13-6-3-11(4-7-13)16-10-20-17(25-16)12-5-8-14-15(9-12)19(23)24-18(14)22/h3-10H,1-2H3. The Morgan fingerprint density at radius 1 is 0.920 bits per heavy atom. The molecule has 5 nitrogen and oxygen atoms in total. The number of ether oxygens (including phenoxy) is 1. The molecule has 6 heteroatoms. The van der Waals surface area contributed by atoms with E-state index in [9.17, 15) is 9.59 Å². The van der Waals surface area contributed by atoms with Gasteiger partial charge in [0.2, 0.25) is 0 Å². The molecule has 4 rings (SSSR count). The fourth-order valence-electron chi connectivity index (χ4n) is 2.68. The minimum Gasteiger partial charge on any atom is -0.386 e. The number of fused-ring (bicyclic) bond motifs is 1. The Bertz CT molecular complexity index is 990. The molecule has 1 aliphatic heterocycles. The number of carbonyl (C=O) groups is 2. The van der Waals surface area contributed by atoms with E-state index in [1.54, 1.807) is 18.2 Å². The second-order valence-electron chi connectivity index (χ2n) is 5.91. The van der Waals surface area contributed by atoms with Gasteiger partial charge in [-0.05, 0) is 29.8 Å². The van der Waals surface area contributed by atoms with Crippen molar-refractivity contribution in [1.29, 1.82) is 0 Å². The Morgan fingerprint density at radius 3 is 2.32 bits per heavy atom. The van der Waals surface area contributed by atoms with Crippen LogP contribution in [0.3, 0.4) is 0 Å². The van der Waals surface area contributed by atoms with Gasteiger partial charge in [0.25, 0.3) is 0 Å². The molecule has 124 valence electrons. The molecule has 0 radical (unpaired) electrons. The van der Waals surface area contributed by atoms with E-state index in [-0.39, 0.29) is 0 Å². The van der Waals surface area contributed by atoms with E-state index in [4.69, 9.17) is 0 Å². The molecular formula is C19H14N2O3S. The fraction of sp³-hybridized carbons (Fsp3) is 0.105. The Labute approximate surface area is 148 Å². The normalized spacial score (nSPS) is 12.9. The third kappa shape index (κ3) is 2.70. The van der Waals surface area contributed by atoms with Crippen LogP contribution in [0.15, 0.2) is 48.7 Å². The van der Waals surface area contributed by atoms with Gasteiger partial charge in [0.1, 0.15) is 5.01 Å². The predicted molar refractivity (Wildman–Crippen MR) is 97.1 cm³/mol. The number of thiazole rings is 1. The predicted octanol–water partition coefficient (Wildman–Crippen LogP) is 3.85. The average molecular weight is 350 g/mol. The third-order valence-electron chi connectivity index (χ3n) is 4.07. The lowest BCUT2D eigenvalue weighted by atomic mass is 10.1. The highest BCUT2D eigenvalue weighted by Crippen LogP contribution is 2.34. The highest BCUT2D eigenvalue weighted by Gasteiger charge is 2.29. The zero-order valence-electron chi connectivity index (χ0n) is 13.6. The highest BCUT2D eigenvalue weighted by molar-refractivity contribution is 7.18. The number of cyclic esters (lactones) is 2. The molecule has 1 aromatic heterocycles. The van der Waals surface area contributed by atoms with Crippen LogP contribution in [0.25, 0.3) is 21.0 Å². The van der Waals surface area contributed by atoms with Crippen molar-refractivity contribution < 1.29 is 14.3 Å². The van der Waals surface area contributed by atoms with Crippen LogP contribution in [0, 0.1) is 0 Å². The molecular weight excluding hydrogens is 336 g/mol. The Balaban J connectivity index is 1.67. The van der Waals surface area contributed by atoms with Crippen molar-refractivity contribution in [3.63, 3.8) is 0 Å². The van der Waals surface area contributed by atoms with E-state index in [0.717, 1.165) is 26.7 Å². The maximum absolute atomic E-state index is 11.7. The Kier molecular flexibility index (Phi) is 3.62. The molecule has 0 fully saturated rings. The first kappa shape index (κ1) is 15.5. The van der Waals surface area contributed by atoms with Crippen molar-refractivity contribution in [1.82, 2.24) is 4.98 Å². The van der Waals surface area contributed by atoms with E-state index in [1.165, 1.54) is 11.3 Å². The van der Waals surface area contributed by atoms with Gasteiger partial charge in [-0.3, -0.25) is 0 Å². The SMILES string of the molecule is CN(C)c1ccc(-c2cnc(-c3ccc4c(c3)C(=O)OC4=O)s2)cc1. The van der Waals surface area contributed by atoms with Gasteiger partial charge >= 0.3 is 11.9 Å². The van der Waals surface area contributed by atoms with Gasteiger partial charge in [0.15, 0.2) is 0 Å². The smallest absolute Gasteiger partial charge is 0.346 e. The van der Waals surface area contributed by atoms with Crippen molar-refractivity contribution in [3.8, 4) is 21.0 Å². The topological polar surface area (TPSA) is 59.5 Å². The van der Waals surface area contributed by atoms with Crippen LogP contribution >= 0.6 is 11.3 Å². The zero-order chi connectivity index (χ0) is 17.6. The average Bonchev–Trinajstić information content (AvgIpc) is 3.20. The Morgan fingerprint density at radius 2 is 1.60 bits per heavy atom. The number of hydrogen-bond donors (Lipinski definition) is 0. The molecule has 0 aliphatic carbocycles. The third-order valence-corrected chi connectivity index (χ3v) is 5.16. The summed E-state index contributed by atoms with van der Waals surface area (Å²) in [5.74, 6) is -1.19. The molecule has 2 aromatic carbocycles. The van der Waals surface area contributed by atoms with Crippen LogP contribution in [-0.4, -0.2) is 31.0 Å². The minimum absolute atomic E-state index is 0.301. The molecule has 3 aromatic rings. The van der Waals surface area contributed by atoms with Gasteiger partial charge in [-0.1, -0.05) is 18.2 Å². The number of benzene rings is 2. The second kappa shape index (κ2) is 5.82. The first-order valence-corrected chi connectivity index (χ1v) is 8.49. The summed E-state index contributed by atoms with van der Waals surface area (Å²) < 4.78 is 4.63. The van der Waals surface area contributed by atoms with Crippen LogP contribution in [0.4, 0.5) is 5.69 Å². The number of aromatic nitrogens is 1. The van der Waals surface area contributed by atoms with E-state index in [2.05, 4.69) is 34.0 Å². The summed E-state index contributed by atoms with van der Waals surface area (Å²) in [5.41, 5.74) is 3.63. The van der Waals surface area contributed by atoms with E-state index >= 15 is 0 Å². The largest absolute Gasteiger partial charge is 0.386 e. The summed E-state index contributed by atoms with van der Waals surface area (Å²) in [4.78, 5) is 30.8. The van der Waals surface area contributed by atoms with Gasteiger partial charge in [-0.25, -0.2) is 14.6 Å². The lowest BCUT2D eigenvalue weighted by molar-refractivity contribution is 0.0444. The van der Waals surface area contributed by atoms with Crippen LogP contribution in [0.1, 0.15) is 20.7 Å². The number of hydrogen-bond acceptors (Lipinski definition) is 6. The van der Waals surface area contributed by atoms with Gasteiger partial charge in [-0.15, -0.1) is 11.3 Å². The molecule has 2 heterocycles. The van der Waals surface area contributed by atoms with Crippen molar-refractivity contribution in [2.45, 2.75) is 0 Å². The monoisotopic (exact) mass is 350 g/mol. The maximum atomic E-state index is 11.7. The summed E-state index contributed by atoms with van der Waals surface area (Å²) in [6.07, 6.45) is 1.82. The fourth-order valence-corrected chi connectivity index (χ4v) is 3.60. The summed E-state index contributed by atoms with van der Waals surface area (Å²) in [6, 6.07) is 13.3. The molecule has 0 amide bonds. The molecule has 1 aliphatic rings. The molecule has 0 spiro atoms. The Hall–Kier alpha value is -2.99. The van der Waals surface area contributed by atoms with E-state index in [0.29, 0.717) is 11.1 Å². The molecule has 25 heavy (non-hydrogen) atoms. The van der Waals surface area contributed by atoms with Crippen molar-refractivity contribution in [2.24, 2.45) is 0 Å². The molecule has 0 saturated heterocycles. The molecule has 0 unspecified atom stereocenters. The molecule has 0 N–H and O–H groups in total. The summed E-state index contributed by atoms with van der Waals surface area (Å²) in [6.45, 7) is 0. The number of nitrogens with zero attached hydrogens (tertiary/aromatic N) is 2.